The Hall–Kier alpha value is -3.42. The average Bonchev–Trinajstić information content (AvgIpc) is 2.78. The fourth-order valence-electron chi connectivity index (χ4n) is 3.37. The smallest absolute Gasteiger partial charge is 0.419 e. The van der Waals surface area contributed by atoms with E-state index in [2.05, 4.69) is 30.7 Å². The van der Waals surface area contributed by atoms with E-state index in [1.165, 1.54) is 26.0 Å². The molecule has 184 valence electrons. The second-order valence-corrected chi connectivity index (χ2v) is 8.03. The number of nitrogens with zero attached hydrogens (tertiary/aromatic N) is 2. The zero-order valence-corrected chi connectivity index (χ0v) is 20.5. The molecule has 0 radical (unpaired) electrons. The summed E-state index contributed by atoms with van der Waals surface area (Å²) in [5.74, 6) is 1.24. The number of methoxy groups -OCH3 is 2. The summed E-state index contributed by atoms with van der Waals surface area (Å²) in [6, 6.07) is 12.8. The lowest BCUT2D eigenvalue weighted by Crippen LogP contribution is -2.34. The van der Waals surface area contributed by atoms with Crippen LogP contribution in [-0.4, -0.2) is 38.2 Å². The van der Waals surface area contributed by atoms with Crippen LogP contribution in [0.25, 0.3) is 0 Å². The normalized spacial score (nSPS) is 12.5. The minimum absolute atomic E-state index is 0.0926. The maximum Gasteiger partial charge on any atom is 0.419 e. The standard InChI is InChI=1S/C26H32F3N3O2/c1-8-22(26(27,28)29)25(31-18(4)30-21-12-10-20(11-13-21)17(2)3)32(5)16-19-9-14-23(33-6)24(15-19)34-7/h8-15,17,30H,4,16H2,1-3,5-7H3/b22-8+,31-25+. The lowest BCUT2D eigenvalue weighted by molar-refractivity contribution is -0.0870. The zero-order valence-electron chi connectivity index (χ0n) is 20.5. The van der Waals surface area contributed by atoms with Crippen molar-refractivity contribution in [2.45, 2.75) is 39.4 Å². The summed E-state index contributed by atoms with van der Waals surface area (Å²) in [5.41, 5.74) is 1.72. The first-order valence-electron chi connectivity index (χ1n) is 10.8. The van der Waals surface area contributed by atoms with Gasteiger partial charge in [-0.2, -0.15) is 13.2 Å². The molecule has 0 spiro atoms. The van der Waals surface area contributed by atoms with Crippen LogP contribution in [0.3, 0.4) is 0 Å². The second kappa shape index (κ2) is 11.6. The molecule has 34 heavy (non-hydrogen) atoms. The molecule has 2 aromatic rings. The van der Waals surface area contributed by atoms with Crippen molar-refractivity contribution >= 4 is 11.5 Å². The number of ether oxygens (including phenoxy) is 2. The Morgan fingerprint density at radius 3 is 2.21 bits per heavy atom. The fourth-order valence-corrected chi connectivity index (χ4v) is 3.37. The molecule has 8 heteroatoms. The molecular weight excluding hydrogens is 443 g/mol. The van der Waals surface area contributed by atoms with Crippen LogP contribution in [0.2, 0.25) is 0 Å². The van der Waals surface area contributed by atoms with Gasteiger partial charge in [-0.3, -0.25) is 0 Å². The van der Waals surface area contributed by atoms with Gasteiger partial charge in [-0.1, -0.05) is 44.7 Å². The Bertz CT molecular complexity index is 1040. The summed E-state index contributed by atoms with van der Waals surface area (Å²) in [5, 5.41) is 2.98. The van der Waals surface area contributed by atoms with Gasteiger partial charge in [0, 0.05) is 19.3 Å². The molecule has 0 aliphatic rings. The van der Waals surface area contributed by atoms with E-state index in [-0.39, 0.29) is 18.2 Å². The summed E-state index contributed by atoms with van der Waals surface area (Å²) in [7, 11) is 4.57. The van der Waals surface area contributed by atoms with Crippen LogP contribution >= 0.6 is 0 Å². The third kappa shape index (κ3) is 7.04. The van der Waals surface area contributed by atoms with Crippen molar-refractivity contribution in [2.75, 3.05) is 26.6 Å². The third-order valence-corrected chi connectivity index (χ3v) is 5.17. The number of benzene rings is 2. The molecular formula is C26H32F3N3O2. The highest BCUT2D eigenvalue weighted by atomic mass is 19.4. The van der Waals surface area contributed by atoms with Crippen LogP contribution in [-0.2, 0) is 6.54 Å². The Labute approximate surface area is 199 Å². The molecule has 2 aromatic carbocycles. The molecule has 0 atom stereocenters. The van der Waals surface area contributed by atoms with Gasteiger partial charge in [0.1, 0.15) is 11.7 Å². The summed E-state index contributed by atoms with van der Waals surface area (Å²) in [6.07, 6.45) is -3.58. The van der Waals surface area contributed by atoms with Gasteiger partial charge in [-0.15, -0.1) is 0 Å². The molecule has 5 nitrogen and oxygen atoms in total. The number of likely N-dealkylation sites (N-methyl/N-ethyl adjacent to an activating group) is 1. The molecule has 0 saturated heterocycles. The third-order valence-electron chi connectivity index (χ3n) is 5.17. The summed E-state index contributed by atoms with van der Waals surface area (Å²) in [4.78, 5) is 5.66. The SMILES string of the molecule is C=C(/N=C(\C(=C/C)C(F)(F)F)N(C)Cc1ccc(OC)c(OC)c1)Nc1ccc(C(C)C)cc1. The predicted molar refractivity (Wildman–Crippen MR) is 132 cm³/mol. The van der Waals surface area contributed by atoms with Gasteiger partial charge in [-0.25, -0.2) is 4.99 Å². The van der Waals surface area contributed by atoms with Crippen molar-refractivity contribution in [1.29, 1.82) is 0 Å². The fraction of sp³-hybridized carbons (Fsp3) is 0.346. The van der Waals surface area contributed by atoms with Gasteiger partial charge in [0.25, 0.3) is 0 Å². The van der Waals surface area contributed by atoms with E-state index in [9.17, 15) is 13.2 Å². The minimum atomic E-state index is -4.58. The van der Waals surface area contributed by atoms with Crippen molar-refractivity contribution in [3.63, 3.8) is 0 Å². The van der Waals surface area contributed by atoms with E-state index in [1.54, 1.807) is 25.2 Å². The number of aliphatic imine (C=N–C) groups is 1. The lowest BCUT2D eigenvalue weighted by Gasteiger charge is -2.25. The topological polar surface area (TPSA) is 46.1 Å². The molecule has 0 amide bonds. The minimum Gasteiger partial charge on any atom is -0.493 e. The lowest BCUT2D eigenvalue weighted by atomic mass is 10.0. The van der Waals surface area contributed by atoms with Crippen LogP contribution < -0.4 is 14.8 Å². The molecule has 0 aromatic heterocycles. The van der Waals surface area contributed by atoms with E-state index >= 15 is 0 Å². The largest absolute Gasteiger partial charge is 0.493 e. The van der Waals surface area contributed by atoms with Crippen molar-refractivity contribution < 1.29 is 22.6 Å². The van der Waals surface area contributed by atoms with E-state index in [0.717, 1.165) is 17.2 Å². The van der Waals surface area contributed by atoms with Crippen molar-refractivity contribution in [1.82, 2.24) is 4.90 Å². The van der Waals surface area contributed by atoms with Crippen molar-refractivity contribution in [3.8, 4) is 11.5 Å². The molecule has 0 unspecified atom stereocenters. The summed E-state index contributed by atoms with van der Waals surface area (Å²) >= 11 is 0. The number of halogens is 3. The summed E-state index contributed by atoms with van der Waals surface area (Å²) < 4.78 is 52.0. The first-order chi connectivity index (χ1) is 16.0. The Morgan fingerprint density at radius 1 is 1.09 bits per heavy atom. The van der Waals surface area contributed by atoms with Gasteiger partial charge in [0.15, 0.2) is 11.5 Å². The molecule has 1 N–H and O–H groups in total. The molecule has 0 fully saturated rings. The maximum atomic E-state index is 13.8. The molecule has 0 aliphatic carbocycles. The molecule has 0 saturated carbocycles. The van der Waals surface area contributed by atoms with Gasteiger partial charge < -0.3 is 19.7 Å². The first kappa shape index (κ1) is 26.8. The monoisotopic (exact) mass is 475 g/mol. The van der Waals surface area contributed by atoms with Crippen molar-refractivity contribution in [3.05, 3.63) is 77.6 Å². The Balaban J connectivity index is 2.35. The highest BCUT2D eigenvalue weighted by Crippen LogP contribution is 2.31. The molecule has 0 bridgehead atoms. The average molecular weight is 476 g/mol. The maximum absolute atomic E-state index is 13.8. The number of allylic oxidation sites excluding steroid dienone is 1. The van der Waals surface area contributed by atoms with Gasteiger partial charge in [0.2, 0.25) is 0 Å². The van der Waals surface area contributed by atoms with Gasteiger partial charge >= 0.3 is 6.18 Å². The number of nitrogens with one attached hydrogen (secondary N) is 1. The molecule has 0 heterocycles. The quantitative estimate of drug-likeness (QED) is 0.322. The number of alkyl halides is 3. The van der Waals surface area contributed by atoms with Crippen LogP contribution in [0.15, 0.2) is 71.5 Å². The number of hydrogen-bond acceptors (Lipinski definition) is 4. The van der Waals surface area contributed by atoms with Gasteiger partial charge in [-0.05, 0) is 48.2 Å². The summed E-state index contributed by atoms with van der Waals surface area (Å²) in [6.45, 7) is 9.49. The first-order valence-corrected chi connectivity index (χ1v) is 10.8. The number of hydrogen-bond donors (Lipinski definition) is 1. The predicted octanol–water partition coefficient (Wildman–Crippen LogP) is 6.75. The Kier molecular flexibility index (Phi) is 9.18. The van der Waals surface area contributed by atoms with Crippen LogP contribution in [0.5, 0.6) is 11.5 Å². The van der Waals surface area contributed by atoms with Gasteiger partial charge in [0.05, 0.1) is 19.8 Å². The number of amidine groups is 1. The van der Waals surface area contributed by atoms with E-state index in [4.69, 9.17) is 9.47 Å². The number of rotatable bonds is 9. The highest BCUT2D eigenvalue weighted by molar-refractivity contribution is 6.00. The van der Waals surface area contributed by atoms with E-state index in [1.807, 2.05) is 24.3 Å². The van der Waals surface area contributed by atoms with Crippen LogP contribution in [0.4, 0.5) is 18.9 Å². The zero-order chi connectivity index (χ0) is 25.5. The molecule has 2 rings (SSSR count). The molecule has 0 aliphatic heterocycles. The van der Waals surface area contributed by atoms with Crippen molar-refractivity contribution in [2.24, 2.45) is 4.99 Å². The second-order valence-electron chi connectivity index (χ2n) is 8.03. The van der Waals surface area contributed by atoms with Crippen LogP contribution in [0, 0.1) is 0 Å². The van der Waals surface area contributed by atoms with Crippen LogP contribution in [0.1, 0.15) is 37.8 Å². The van der Waals surface area contributed by atoms with E-state index in [0.29, 0.717) is 23.1 Å². The number of anilines is 1. The Morgan fingerprint density at radius 2 is 1.71 bits per heavy atom. The highest BCUT2D eigenvalue weighted by Gasteiger charge is 2.38. The van der Waals surface area contributed by atoms with E-state index < -0.39 is 11.7 Å².